The van der Waals surface area contributed by atoms with Crippen molar-refractivity contribution in [1.29, 1.82) is 0 Å². The van der Waals surface area contributed by atoms with Gasteiger partial charge in [-0.15, -0.1) is 0 Å². The number of amides is 2. The second-order valence-electron chi connectivity index (χ2n) is 7.03. The fraction of sp³-hybridized carbons (Fsp3) is 0.381. The number of imidazole rings is 1. The van der Waals surface area contributed by atoms with E-state index in [1.165, 1.54) is 0 Å². The normalized spacial score (nSPS) is 16.8. The Labute approximate surface area is 159 Å². The van der Waals surface area contributed by atoms with Crippen LogP contribution in [0.2, 0.25) is 0 Å². The summed E-state index contributed by atoms with van der Waals surface area (Å²) in [6, 6.07) is 14.2. The molecule has 140 valence electrons. The van der Waals surface area contributed by atoms with E-state index in [1.807, 2.05) is 53.6 Å². The summed E-state index contributed by atoms with van der Waals surface area (Å²) in [6.45, 7) is 4.16. The minimum atomic E-state index is -0.00391. The van der Waals surface area contributed by atoms with Crippen LogP contribution in [0.1, 0.15) is 37.2 Å². The average molecular weight is 363 g/mol. The first-order valence-electron chi connectivity index (χ1n) is 9.64. The summed E-state index contributed by atoms with van der Waals surface area (Å²) in [4.78, 5) is 23.8. The molecular weight excluding hydrogens is 338 g/mol. The van der Waals surface area contributed by atoms with Crippen molar-refractivity contribution in [2.45, 2.75) is 38.8 Å². The van der Waals surface area contributed by atoms with Crippen LogP contribution in [-0.4, -0.2) is 38.6 Å². The maximum absolute atomic E-state index is 12.6. The molecule has 3 aromatic rings. The smallest absolute Gasteiger partial charge is 0.317 e. The molecule has 4 rings (SSSR count). The van der Waals surface area contributed by atoms with Crippen LogP contribution in [0.3, 0.4) is 0 Å². The number of aromatic nitrogens is 3. The minimum absolute atomic E-state index is 0.00391. The molecule has 0 radical (unpaired) electrons. The first-order chi connectivity index (χ1) is 13.3. The Kier molecular flexibility index (Phi) is 5.05. The van der Waals surface area contributed by atoms with Gasteiger partial charge in [-0.05, 0) is 30.5 Å². The lowest BCUT2D eigenvalue weighted by molar-refractivity contribution is 0.206. The molecule has 2 aromatic heterocycles. The number of aryl methyl sites for hydroxylation is 1. The molecule has 6 heteroatoms. The number of carbonyl (C=O) groups excluding carboxylic acids is 1. The Morgan fingerprint density at radius 2 is 2.07 bits per heavy atom. The molecule has 2 amide bonds. The Bertz CT molecular complexity index is 921. The quantitative estimate of drug-likeness (QED) is 0.754. The van der Waals surface area contributed by atoms with Crippen LogP contribution < -0.4 is 5.32 Å². The van der Waals surface area contributed by atoms with Crippen LogP contribution in [0.15, 0.2) is 48.7 Å². The van der Waals surface area contributed by atoms with Crippen molar-refractivity contribution in [2.24, 2.45) is 0 Å². The molecule has 27 heavy (non-hydrogen) atoms. The fourth-order valence-corrected chi connectivity index (χ4v) is 3.78. The van der Waals surface area contributed by atoms with E-state index in [0.29, 0.717) is 13.1 Å². The highest BCUT2D eigenvalue weighted by Crippen LogP contribution is 2.27. The standard InChI is InChI=1S/C21H25N5O/c1-2-7-19-24-18-10-6-12-22-20(18)26(19)17-11-13-25(15-17)21(27)23-14-16-8-4-3-5-9-16/h3-6,8-10,12,17H,2,7,11,13-15H2,1H3,(H,23,27)/t17-/m0/s1. The number of likely N-dealkylation sites (tertiary alicyclic amines) is 1. The van der Waals surface area contributed by atoms with E-state index in [1.54, 1.807) is 0 Å². The number of nitrogens with one attached hydrogen (secondary N) is 1. The van der Waals surface area contributed by atoms with Crippen molar-refractivity contribution in [1.82, 2.24) is 24.8 Å². The average Bonchev–Trinajstić information content (AvgIpc) is 3.31. The van der Waals surface area contributed by atoms with Crippen LogP contribution in [0.4, 0.5) is 4.79 Å². The number of hydrogen-bond donors (Lipinski definition) is 1. The lowest BCUT2D eigenvalue weighted by Gasteiger charge is -2.19. The SMILES string of the molecule is CCCc1nc2cccnc2n1[C@H]1CCN(C(=O)NCc2ccccc2)C1. The Morgan fingerprint density at radius 1 is 1.22 bits per heavy atom. The zero-order valence-electron chi connectivity index (χ0n) is 15.6. The van der Waals surface area contributed by atoms with Crippen molar-refractivity contribution < 1.29 is 4.79 Å². The van der Waals surface area contributed by atoms with E-state index < -0.39 is 0 Å². The second kappa shape index (κ2) is 7.78. The Morgan fingerprint density at radius 3 is 2.89 bits per heavy atom. The second-order valence-corrected chi connectivity index (χ2v) is 7.03. The molecule has 1 saturated heterocycles. The molecule has 1 aromatic carbocycles. The molecule has 3 heterocycles. The number of fused-ring (bicyclic) bond motifs is 1. The molecule has 0 aliphatic carbocycles. The first-order valence-corrected chi connectivity index (χ1v) is 9.64. The van der Waals surface area contributed by atoms with Gasteiger partial charge in [-0.3, -0.25) is 0 Å². The van der Waals surface area contributed by atoms with Crippen LogP contribution in [0.5, 0.6) is 0 Å². The van der Waals surface area contributed by atoms with Gasteiger partial charge in [0.25, 0.3) is 0 Å². The predicted octanol–water partition coefficient (Wildman–Crippen LogP) is 3.54. The van der Waals surface area contributed by atoms with Crippen molar-refractivity contribution in [3.63, 3.8) is 0 Å². The summed E-state index contributed by atoms with van der Waals surface area (Å²) >= 11 is 0. The third kappa shape index (κ3) is 3.65. The molecule has 1 aliphatic heterocycles. The molecule has 1 fully saturated rings. The van der Waals surface area contributed by atoms with Crippen molar-refractivity contribution in [2.75, 3.05) is 13.1 Å². The van der Waals surface area contributed by atoms with E-state index in [0.717, 1.165) is 48.4 Å². The minimum Gasteiger partial charge on any atom is -0.334 e. The third-order valence-electron chi connectivity index (χ3n) is 5.10. The number of rotatable bonds is 5. The van der Waals surface area contributed by atoms with Crippen LogP contribution in [-0.2, 0) is 13.0 Å². The van der Waals surface area contributed by atoms with Gasteiger partial charge >= 0.3 is 6.03 Å². The zero-order chi connectivity index (χ0) is 18.6. The van der Waals surface area contributed by atoms with Gasteiger partial charge in [0.2, 0.25) is 0 Å². The monoisotopic (exact) mass is 363 g/mol. The summed E-state index contributed by atoms with van der Waals surface area (Å²) in [6.07, 6.45) is 4.71. The predicted molar refractivity (Wildman–Crippen MR) is 105 cm³/mol. The summed E-state index contributed by atoms with van der Waals surface area (Å²) in [7, 11) is 0. The van der Waals surface area contributed by atoms with Crippen LogP contribution in [0, 0.1) is 0 Å². The van der Waals surface area contributed by atoms with Gasteiger partial charge in [0.05, 0.1) is 6.04 Å². The van der Waals surface area contributed by atoms with Gasteiger partial charge < -0.3 is 14.8 Å². The molecule has 0 spiro atoms. The molecular formula is C21H25N5O. The third-order valence-corrected chi connectivity index (χ3v) is 5.10. The number of urea groups is 1. The number of nitrogens with zero attached hydrogens (tertiary/aromatic N) is 4. The topological polar surface area (TPSA) is 63.1 Å². The fourth-order valence-electron chi connectivity index (χ4n) is 3.78. The Hall–Kier alpha value is -2.89. The molecule has 0 unspecified atom stereocenters. The number of pyridine rings is 1. The van der Waals surface area contributed by atoms with Gasteiger partial charge in [-0.1, -0.05) is 37.3 Å². The van der Waals surface area contributed by atoms with E-state index in [4.69, 9.17) is 4.98 Å². The van der Waals surface area contributed by atoms with E-state index in [-0.39, 0.29) is 12.1 Å². The highest BCUT2D eigenvalue weighted by atomic mass is 16.2. The maximum Gasteiger partial charge on any atom is 0.317 e. The van der Waals surface area contributed by atoms with E-state index >= 15 is 0 Å². The Balaban J connectivity index is 1.47. The number of hydrogen-bond acceptors (Lipinski definition) is 3. The maximum atomic E-state index is 12.6. The van der Waals surface area contributed by atoms with Crippen LogP contribution >= 0.6 is 0 Å². The van der Waals surface area contributed by atoms with E-state index in [2.05, 4.69) is 21.8 Å². The van der Waals surface area contributed by atoms with Gasteiger partial charge in [-0.25, -0.2) is 14.8 Å². The van der Waals surface area contributed by atoms with E-state index in [9.17, 15) is 4.79 Å². The van der Waals surface area contributed by atoms with Crippen molar-refractivity contribution in [3.8, 4) is 0 Å². The molecule has 6 nitrogen and oxygen atoms in total. The molecule has 0 saturated carbocycles. The lowest BCUT2D eigenvalue weighted by Crippen LogP contribution is -2.38. The highest BCUT2D eigenvalue weighted by molar-refractivity contribution is 5.75. The summed E-state index contributed by atoms with van der Waals surface area (Å²) in [5.74, 6) is 1.07. The number of carbonyl (C=O) groups is 1. The van der Waals surface area contributed by atoms with Gasteiger partial charge in [0.1, 0.15) is 11.3 Å². The molecule has 1 aliphatic rings. The summed E-state index contributed by atoms with van der Waals surface area (Å²) in [5.41, 5.74) is 2.97. The largest absolute Gasteiger partial charge is 0.334 e. The zero-order valence-corrected chi connectivity index (χ0v) is 15.6. The molecule has 1 atom stereocenters. The molecule has 0 bridgehead atoms. The van der Waals surface area contributed by atoms with Gasteiger partial charge in [0, 0.05) is 32.3 Å². The van der Waals surface area contributed by atoms with Crippen molar-refractivity contribution in [3.05, 3.63) is 60.0 Å². The lowest BCUT2D eigenvalue weighted by atomic mass is 10.2. The first kappa shape index (κ1) is 17.5. The van der Waals surface area contributed by atoms with Gasteiger partial charge in [-0.2, -0.15) is 0 Å². The highest BCUT2D eigenvalue weighted by Gasteiger charge is 2.30. The summed E-state index contributed by atoms with van der Waals surface area (Å²) in [5, 5.41) is 3.03. The van der Waals surface area contributed by atoms with Crippen molar-refractivity contribution >= 4 is 17.2 Å². The van der Waals surface area contributed by atoms with Crippen LogP contribution in [0.25, 0.3) is 11.2 Å². The number of benzene rings is 1. The summed E-state index contributed by atoms with van der Waals surface area (Å²) < 4.78 is 2.25. The van der Waals surface area contributed by atoms with Gasteiger partial charge in [0.15, 0.2) is 5.65 Å². The molecule has 1 N–H and O–H groups in total.